The van der Waals surface area contributed by atoms with E-state index in [4.69, 9.17) is 28.5 Å². The first-order valence-corrected chi connectivity index (χ1v) is 27.8. The quantitative estimate of drug-likeness (QED) is 0.0740. The van der Waals surface area contributed by atoms with Crippen molar-refractivity contribution in [1.82, 2.24) is 35.2 Å². The number of rotatable bonds is 19. The van der Waals surface area contributed by atoms with Crippen LogP contribution in [0.4, 0.5) is 5.69 Å². The molecule has 1 fully saturated rings. The minimum atomic E-state index is -1.05. The van der Waals surface area contributed by atoms with E-state index in [1.165, 1.54) is 25.3 Å². The van der Waals surface area contributed by atoms with Crippen LogP contribution < -0.4 is 4.90 Å². The Kier molecular flexibility index (Phi) is 32.8. The third-order valence-electron chi connectivity index (χ3n) is 12.6. The molecule has 1 saturated heterocycles. The number of nitrogens with zero attached hydrogens (tertiary/aromatic N) is 7. The van der Waals surface area contributed by atoms with E-state index in [0.29, 0.717) is 103 Å². The zero-order valence-electron chi connectivity index (χ0n) is 44.9. The van der Waals surface area contributed by atoms with Crippen LogP contribution in [0.25, 0.3) is 22.5 Å². The molecule has 0 spiro atoms. The Morgan fingerprint density at radius 2 is 1.31 bits per heavy atom. The van der Waals surface area contributed by atoms with Crippen molar-refractivity contribution < 1.29 is 92.1 Å². The Labute approximate surface area is 493 Å². The molecule has 1 atom stereocenters. The van der Waals surface area contributed by atoms with Gasteiger partial charge >= 0.3 is 12.1 Å². The number of ketones is 1. The summed E-state index contributed by atoms with van der Waals surface area (Å²) >= 11 is 1.85. The molecule has 18 nitrogen and oxygen atoms in total. The van der Waals surface area contributed by atoms with Gasteiger partial charge in [0.25, 0.3) is 0 Å². The van der Waals surface area contributed by atoms with Crippen molar-refractivity contribution in [2.75, 3.05) is 88.8 Å². The summed E-state index contributed by atoms with van der Waals surface area (Å²) < 4.78 is 24.6. The molecule has 413 valence electrons. The fourth-order valence-corrected chi connectivity index (χ4v) is 9.65. The first-order valence-electron chi connectivity index (χ1n) is 26.6. The Balaban J connectivity index is 0.00000133. The average molecular weight is 1290 g/mol. The Bertz CT molecular complexity index is 2500. The van der Waals surface area contributed by atoms with Crippen LogP contribution in [0.2, 0.25) is 0 Å². The maximum atomic E-state index is 13.8. The number of H-pyrrole nitrogens is 1. The number of fused-ring (bicyclic) bond motifs is 5. The zero-order chi connectivity index (χ0) is 54.0. The largest absolute Gasteiger partial charge is 0.477 e. The molecule has 1 amide bonds. The molecule has 77 heavy (non-hydrogen) atoms. The van der Waals surface area contributed by atoms with Crippen LogP contribution in [0, 0.1) is 44.1 Å². The number of carboxylic acid groups (broad SMARTS) is 1. The number of aromatic nitrogens is 5. The monoisotopic (exact) mass is 1290 g/mol. The van der Waals surface area contributed by atoms with Gasteiger partial charge < -0.3 is 29.0 Å². The summed E-state index contributed by atoms with van der Waals surface area (Å²) in [5, 5.41) is 21.1. The molecule has 7 rings (SSSR count). The summed E-state index contributed by atoms with van der Waals surface area (Å²) in [6, 6.07) is 26.7. The molecule has 1 radical (unpaired) electrons. The molecular formula is C57H76AcN8O10S. The summed E-state index contributed by atoms with van der Waals surface area (Å²) in [5.74, 6) is 0.726. The van der Waals surface area contributed by atoms with Crippen molar-refractivity contribution in [3.63, 3.8) is 0 Å². The smallest absolute Gasteiger partial charge is 0.373 e. The van der Waals surface area contributed by atoms with Crippen LogP contribution >= 0.6 is 11.8 Å². The van der Waals surface area contributed by atoms with Gasteiger partial charge in [-0.05, 0) is 54.5 Å². The van der Waals surface area contributed by atoms with E-state index in [1.807, 2.05) is 90.8 Å². The molecule has 0 aliphatic carbocycles. The number of nitrogens with one attached hydrogen (secondary N) is 1. The number of aromatic carboxylic acids is 1. The summed E-state index contributed by atoms with van der Waals surface area (Å²) in [6.45, 7) is 12.1. The number of thioether (sulfide) groups is 1. The number of para-hydroxylation sites is 1. The number of anilines is 1. The number of carboxylic acids is 1. The first-order chi connectivity index (χ1) is 37.2. The van der Waals surface area contributed by atoms with Crippen LogP contribution in [0.3, 0.4) is 0 Å². The molecule has 20 heteroatoms. The minimum absolute atomic E-state index is 0. The van der Waals surface area contributed by atoms with Crippen molar-refractivity contribution in [3.8, 4) is 22.5 Å². The number of ether oxygens (including phenoxy) is 4. The number of amides is 1. The van der Waals surface area contributed by atoms with Gasteiger partial charge in [-0.3, -0.25) is 24.4 Å². The van der Waals surface area contributed by atoms with Gasteiger partial charge in [0.05, 0.1) is 76.0 Å². The van der Waals surface area contributed by atoms with Gasteiger partial charge in [-0.2, -0.15) is 36.8 Å². The summed E-state index contributed by atoms with van der Waals surface area (Å²) in [5.41, 5.74) is 6.64. The maximum Gasteiger partial charge on any atom is 0.373 e. The van der Waals surface area contributed by atoms with Crippen molar-refractivity contribution >= 4 is 41.3 Å². The number of hydrogen-bond donors (Lipinski definition) is 2. The van der Waals surface area contributed by atoms with Gasteiger partial charge in [-0.1, -0.05) is 101 Å². The van der Waals surface area contributed by atoms with Crippen molar-refractivity contribution in [3.05, 3.63) is 114 Å². The van der Waals surface area contributed by atoms with Gasteiger partial charge in [0.2, 0.25) is 5.91 Å². The molecule has 0 saturated carbocycles. The first kappa shape index (κ1) is 64.9. The van der Waals surface area contributed by atoms with Crippen molar-refractivity contribution in [2.24, 2.45) is 0 Å². The summed E-state index contributed by atoms with van der Waals surface area (Å²) in [6.07, 6.45) is 10.7. The van der Waals surface area contributed by atoms with Crippen LogP contribution in [-0.4, -0.2) is 154 Å². The summed E-state index contributed by atoms with van der Waals surface area (Å²) in [7, 11) is 0. The second kappa shape index (κ2) is 38.9. The normalized spacial score (nSPS) is 15.8. The number of unbranched alkanes of at least 4 members (excludes halogenated alkanes) is 5. The van der Waals surface area contributed by atoms with Crippen LogP contribution in [0.1, 0.15) is 105 Å². The second-order valence-electron chi connectivity index (χ2n) is 18.4. The average Bonchev–Trinajstić information content (AvgIpc) is 3.91. The second-order valence-corrected chi connectivity index (χ2v) is 19.5. The molecule has 0 unspecified atom stereocenters. The molecular weight excluding hydrogens is 1210 g/mol. The van der Waals surface area contributed by atoms with Gasteiger partial charge in [-0.25, -0.2) is 9.78 Å². The van der Waals surface area contributed by atoms with E-state index in [-0.39, 0.29) is 86.5 Å². The topological polar surface area (TPSA) is 220 Å². The molecule has 5 aromatic rings. The Morgan fingerprint density at radius 1 is 0.688 bits per heavy atom. The van der Waals surface area contributed by atoms with E-state index < -0.39 is 5.97 Å². The van der Waals surface area contributed by atoms with Crippen molar-refractivity contribution in [2.45, 2.75) is 104 Å². The number of carbonyl (C=O) groups is 3. The van der Waals surface area contributed by atoms with Crippen LogP contribution in [-0.2, 0) is 57.8 Å². The number of hydrogen-bond acceptors (Lipinski definition) is 16. The fraction of sp³-hybridized carbons (Fsp3) is 0.509. The van der Waals surface area contributed by atoms with Gasteiger partial charge in [0.1, 0.15) is 22.9 Å². The zero-order valence-corrected chi connectivity index (χ0v) is 50.4. The molecule has 2 aromatic carbocycles. The SMILES string of the molecule is CCCCC.O=C(CCCCCCSC[C@@H]1COCCN(Cc2cccc(C(=O)O)n2)CCOCCOCCN(Cc2ccccn2)CCO1)CCC(=O)N1Cc2ccccc2-c2n[nH]nc2-c2ccccc21.O=C=O.[225Ac]. The van der Waals surface area contributed by atoms with E-state index in [2.05, 4.69) is 49.0 Å². The van der Waals surface area contributed by atoms with E-state index >= 15 is 0 Å². The fourth-order valence-electron chi connectivity index (χ4n) is 8.62. The number of carbonyl (C=O) groups excluding carboxylic acids is 4. The number of Topliss-reactive ketones (excluding diaryl/α,β-unsaturated/α-hetero) is 1. The van der Waals surface area contributed by atoms with E-state index in [1.54, 1.807) is 11.0 Å². The predicted octanol–water partition coefficient (Wildman–Crippen LogP) is 8.57. The van der Waals surface area contributed by atoms with E-state index in [0.717, 1.165) is 77.5 Å². The number of pyridine rings is 2. The Morgan fingerprint density at radius 3 is 2.00 bits per heavy atom. The van der Waals surface area contributed by atoms with Crippen LogP contribution in [0.15, 0.2) is 91.1 Å². The number of aromatic amines is 1. The van der Waals surface area contributed by atoms with Crippen LogP contribution in [0.5, 0.6) is 0 Å². The van der Waals surface area contributed by atoms with Gasteiger partial charge in [0.15, 0.2) is 0 Å². The van der Waals surface area contributed by atoms with Gasteiger partial charge in [0, 0.05) is 126 Å². The third kappa shape index (κ3) is 24.1. The Hall–Kier alpha value is -4.58. The molecule has 2 aliphatic heterocycles. The predicted molar refractivity (Wildman–Crippen MR) is 291 cm³/mol. The summed E-state index contributed by atoms with van der Waals surface area (Å²) in [4.78, 5) is 69.8. The van der Waals surface area contributed by atoms with Gasteiger partial charge in [-0.15, -0.1) is 0 Å². The van der Waals surface area contributed by atoms with Crippen molar-refractivity contribution in [1.29, 1.82) is 0 Å². The molecule has 5 heterocycles. The van der Waals surface area contributed by atoms with E-state index in [9.17, 15) is 19.5 Å². The minimum Gasteiger partial charge on any atom is -0.477 e. The molecule has 0 bridgehead atoms. The standard InChI is InChI=1S/C51H64N8O8S.C5H12.CO2.Ac/c60-42(20-21-48(61)59-34-39-12-4-5-16-44(39)49-50(55-56-54-49)45-17-6-7-19-47(45)59)15-3-1-2-10-33-68-38-43-37-66-29-25-57(36-41-14-11-18-46(53-41)51(62)63)23-27-64-31-32-65-28-24-58(26-30-67-43)35-40-13-8-9-22-52-40;1-3-5-4-2;2-1-3;/h4-9,11-14,16-19,22,43H,1-3,10,15,20-21,23-38H2,(H,62,63)(H,54,55,56);3-5H2,1-2H3;;/t43-;;;/m0.../s1/i;;;1-2. The third-order valence-corrected chi connectivity index (χ3v) is 13.8. The number of benzene rings is 2. The molecule has 3 aromatic heterocycles. The molecule has 2 aliphatic rings. The maximum absolute atomic E-state index is 13.8. The molecule has 2 N–H and O–H groups in total.